The average Bonchev–Trinajstić information content (AvgIpc) is 3.18. The molecular weight excluding hydrogens is 358 g/mol. The molecule has 9 heteroatoms. The number of hydrogen-bond acceptors (Lipinski definition) is 7. The monoisotopic (exact) mass is 369 g/mol. The van der Waals surface area contributed by atoms with Crippen LogP contribution in [0.1, 0.15) is 36.6 Å². The molecule has 1 N–H and O–H groups in total. The molecule has 130 valence electrons. The van der Waals surface area contributed by atoms with Gasteiger partial charge < -0.3 is 10.1 Å². The van der Waals surface area contributed by atoms with Gasteiger partial charge in [-0.05, 0) is 29.6 Å². The van der Waals surface area contributed by atoms with Gasteiger partial charge in [-0.1, -0.05) is 0 Å². The van der Waals surface area contributed by atoms with Gasteiger partial charge in [-0.25, -0.2) is 4.79 Å². The van der Waals surface area contributed by atoms with Crippen molar-refractivity contribution >= 4 is 40.0 Å². The summed E-state index contributed by atoms with van der Waals surface area (Å²) in [5.74, 6) is -2.33. The van der Waals surface area contributed by atoms with Crippen LogP contribution in [0.25, 0.3) is 0 Å². The second-order valence-corrected chi connectivity index (χ2v) is 6.25. The van der Waals surface area contributed by atoms with Crippen LogP contribution in [0.4, 0.5) is 5.00 Å². The van der Waals surface area contributed by atoms with E-state index in [0.29, 0.717) is 10.6 Å². The van der Waals surface area contributed by atoms with Crippen molar-refractivity contribution < 1.29 is 23.9 Å². The van der Waals surface area contributed by atoms with Crippen LogP contribution in [0.5, 0.6) is 0 Å². The van der Waals surface area contributed by atoms with E-state index in [4.69, 9.17) is 10.00 Å². The second-order valence-electron chi connectivity index (χ2n) is 5.33. The topological polar surface area (TPSA) is 117 Å². The molecular formula is C17H11N3O5S. The molecule has 0 saturated heterocycles. The van der Waals surface area contributed by atoms with E-state index in [-0.39, 0.29) is 16.7 Å². The Hall–Kier alpha value is -3.51. The predicted octanol–water partition coefficient (Wildman–Crippen LogP) is 1.64. The molecule has 1 aliphatic heterocycles. The summed E-state index contributed by atoms with van der Waals surface area (Å²) in [4.78, 5) is 48.7. The molecule has 0 saturated carbocycles. The number of nitrogens with one attached hydrogen (secondary N) is 1. The van der Waals surface area contributed by atoms with E-state index >= 15 is 0 Å². The molecule has 0 spiro atoms. The number of imide groups is 1. The van der Waals surface area contributed by atoms with Crippen molar-refractivity contribution in [2.45, 2.75) is 0 Å². The molecule has 2 aromatic rings. The number of amides is 3. The predicted molar refractivity (Wildman–Crippen MR) is 90.8 cm³/mol. The molecule has 2 heterocycles. The number of carbonyl (C=O) groups is 4. The summed E-state index contributed by atoms with van der Waals surface area (Å²) in [7, 11) is 1.35. The van der Waals surface area contributed by atoms with Gasteiger partial charge in [-0.2, -0.15) is 5.26 Å². The third kappa shape index (κ3) is 3.05. The fourth-order valence-corrected chi connectivity index (χ4v) is 3.11. The van der Waals surface area contributed by atoms with E-state index < -0.39 is 30.3 Å². The summed E-state index contributed by atoms with van der Waals surface area (Å²) < 4.78 is 4.92. The van der Waals surface area contributed by atoms with Gasteiger partial charge >= 0.3 is 5.97 Å². The van der Waals surface area contributed by atoms with Crippen LogP contribution in [-0.2, 0) is 9.53 Å². The van der Waals surface area contributed by atoms with Crippen LogP contribution < -0.4 is 5.32 Å². The lowest BCUT2D eigenvalue weighted by Crippen LogP contribution is -2.24. The molecule has 0 aliphatic carbocycles. The van der Waals surface area contributed by atoms with Crippen molar-refractivity contribution in [2.75, 3.05) is 19.0 Å². The molecule has 3 rings (SSSR count). The Kier molecular flexibility index (Phi) is 4.51. The smallest absolute Gasteiger partial charge is 0.338 e. The highest BCUT2D eigenvalue weighted by Crippen LogP contribution is 2.23. The Morgan fingerprint density at radius 3 is 2.69 bits per heavy atom. The van der Waals surface area contributed by atoms with Crippen molar-refractivity contribution in [1.82, 2.24) is 4.90 Å². The van der Waals surface area contributed by atoms with E-state index in [9.17, 15) is 19.2 Å². The standard InChI is InChI=1S/C17H11N3O5S/c1-20-15(22)11-3-2-9(6-12(11)16(20)23)17(24)25-8-13(21)19-14-10(7-18)4-5-26-14/h2-6H,8H2,1H3,(H,19,21). The molecule has 1 aromatic heterocycles. The molecule has 26 heavy (non-hydrogen) atoms. The fraction of sp³-hybridized carbons (Fsp3) is 0.118. The summed E-state index contributed by atoms with van der Waals surface area (Å²) in [5.41, 5.74) is 0.713. The molecule has 1 aliphatic rings. The lowest BCUT2D eigenvalue weighted by Gasteiger charge is -2.06. The minimum absolute atomic E-state index is 0.0573. The summed E-state index contributed by atoms with van der Waals surface area (Å²) >= 11 is 1.18. The molecule has 0 unspecified atom stereocenters. The highest BCUT2D eigenvalue weighted by Gasteiger charge is 2.33. The Morgan fingerprint density at radius 2 is 1.96 bits per heavy atom. The SMILES string of the molecule is CN1C(=O)c2ccc(C(=O)OCC(=O)Nc3sccc3C#N)cc2C1=O. The maximum Gasteiger partial charge on any atom is 0.338 e. The first-order valence-electron chi connectivity index (χ1n) is 7.33. The van der Waals surface area contributed by atoms with Crippen molar-refractivity contribution in [3.05, 3.63) is 51.9 Å². The number of anilines is 1. The molecule has 0 fully saturated rings. The third-order valence-electron chi connectivity index (χ3n) is 3.70. The van der Waals surface area contributed by atoms with Gasteiger partial charge in [-0.15, -0.1) is 11.3 Å². The van der Waals surface area contributed by atoms with E-state index in [1.165, 1.54) is 36.6 Å². The number of hydrogen-bond donors (Lipinski definition) is 1. The number of fused-ring (bicyclic) bond motifs is 1. The number of rotatable bonds is 4. The lowest BCUT2D eigenvalue weighted by molar-refractivity contribution is -0.119. The molecule has 0 bridgehead atoms. The summed E-state index contributed by atoms with van der Waals surface area (Å²) in [6.07, 6.45) is 0. The molecule has 3 amide bonds. The normalized spacial score (nSPS) is 12.5. The Bertz CT molecular complexity index is 989. The summed E-state index contributed by atoms with van der Waals surface area (Å²) in [6.45, 7) is -0.550. The van der Waals surface area contributed by atoms with Crippen molar-refractivity contribution in [2.24, 2.45) is 0 Å². The number of nitrogens with zero attached hydrogens (tertiary/aromatic N) is 2. The zero-order valence-electron chi connectivity index (χ0n) is 13.4. The zero-order chi connectivity index (χ0) is 18.8. The Labute approximate surface area is 151 Å². The minimum atomic E-state index is -0.801. The first-order chi connectivity index (χ1) is 12.4. The zero-order valence-corrected chi connectivity index (χ0v) is 14.3. The molecule has 8 nitrogen and oxygen atoms in total. The number of nitriles is 1. The number of benzene rings is 1. The van der Waals surface area contributed by atoms with Gasteiger partial charge in [0.2, 0.25) is 0 Å². The number of ether oxygens (including phenoxy) is 1. The highest BCUT2D eigenvalue weighted by atomic mass is 32.1. The van der Waals surface area contributed by atoms with Gasteiger partial charge in [0.1, 0.15) is 11.1 Å². The van der Waals surface area contributed by atoms with Crippen molar-refractivity contribution in [1.29, 1.82) is 5.26 Å². The van der Waals surface area contributed by atoms with Crippen LogP contribution >= 0.6 is 11.3 Å². The summed E-state index contributed by atoms with van der Waals surface area (Å²) in [6, 6.07) is 7.50. The fourth-order valence-electron chi connectivity index (χ4n) is 2.36. The lowest BCUT2D eigenvalue weighted by atomic mass is 10.1. The van der Waals surface area contributed by atoms with E-state index in [1.807, 2.05) is 6.07 Å². The van der Waals surface area contributed by atoms with Crippen LogP contribution in [0.2, 0.25) is 0 Å². The van der Waals surface area contributed by atoms with Crippen molar-refractivity contribution in [3.63, 3.8) is 0 Å². The van der Waals surface area contributed by atoms with Crippen LogP contribution in [0, 0.1) is 11.3 Å². The van der Waals surface area contributed by atoms with Crippen molar-refractivity contribution in [3.8, 4) is 6.07 Å². The van der Waals surface area contributed by atoms with Gasteiger partial charge in [0.05, 0.1) is 22.3 Å². The van der Waals surface area contributed by atoms with Gasteiger partial charge in [0.25, 0.3) is 17.7 Å². The Balaban J connectivity index is 1.64. The maximum atomic E-state index is 12.1. The molecule has 0 radical (unpaired) electrons. The number of esters is 1. The molecule has 1 aromatic carbocycles. The maximum absolute atomic E-state index is 12.1. The largest absolute Gasteiger partial charge is 0.452 e. The van der Waals surface area contributed by atoms with Gasteiger partial charge in [0, 0.05) is 7.05 Å². The van der Waals surface area contributed by atoms with Gasteiger partial charge in [-0.3, -0.25) is 19.3 Å². The molecule has 0 atom stereocenters. The number of carbonyl (C=O) groups excluding carboxylic acids is 4. The van der Waals surface area contributed by atoms with Gasteiger partial charge in [0.15, 0.2) is 6.61 Å². The minimum Gasteiger partial charge on any atom is -0.452 e. The van der Waals surface area contributed by atoms with E-state index in [0.717, 1.165) is 4.90 Å². The second kappa shape index (κ2) is 6.78. The Morgan fingerprint density at radius 1 is 1.23 bits per heavy atom. The van der Waals surface area contributed by atoms with Crippen LogP contribution in [0.15, 0.2) is 29.6 Å². The highest BCUT2D eigenvalue weighted by molar-refractivity contribution is 7.14. The average molecular weight is 369 g/mol. The quantitative estimate of drug-likeness (QED) is 0.647. The third-order valence-corrected chi connectivity index (χ3v) is 4.53. The summed E-state index contributed by atoms with van der Waals surface area (Å²) in [5, 5.41) is 13.4. The van der Waals surface area contributed by atoms with E-state index in [1.54, 1.807) is 11.4 Å². The first-order valence-corrected chi connectivity index (χ1v) is 8.21. The van der Waals surface area contributed by atoms with E-state index in [2.05, 4.69) is 5.32 Å². The van der Waals surface area contributed by atoms with Crippen LogP contribution in [0.3, 0.4) is 0 Å². The first kappa shape index (κ1) is 17.3. The number of thiophene rings is 1. The van der Waals surface area contributed by atoms with Crippen LogP contribution in [-0.4, -0.2) is 42.2 Å².